The summed E-state index contributed by atoms with van der Waals surface area (Å²) in [4.78, 5) is 28.7. The zero-order valence-electron chi connectivity index (χ0n) is 23.0. The van der Waals surface area contributed by atoms with E-state index in [1.165, 1.54) is 11.1 Å². The standard InChI is InChI=1S/C31H37ClN2O5S/c1-20-5-2-3-7-28(35)25-11-8-23(25)17-34-18-31(14-4-6-21-15-24(32)10-12-26(21)31)19-39-29-13-9-22(16-27(29)34)30(36)33-40(20,37)38/h9-10,12-13,15-16,20,23,25H,2-8,11,14,17-19H2,1H3,(H,33,36)/t20-,23+,25-,31+/m1/s1. The maximum atomic E-state index is 13.2. The van der Waals surface area contributed by atoms with Crippen LogP contribution in [0.1, 0.15) is 79.8 Å². The van der Waals surface area contributed by atoms with Gasteiger partial charge < -0.3 is 9.64 Å². The Morgan fingerprint density at radius 1 is 1.02 bits per heavy atom. The van der Waals surface area contributed by atoms with Crippen molar-refractivity contribution >= 4 is 39.0 Å². The normalized spacial score (nSPS) is 30.2. The van der Waals surface area contributed by atoms with Crippen LogP contribution in [0.15, 0.2) is 36.4 Å². The Morgan fingerprint density at radius 2 is 1.88 bits per heavy atom. The number of Topliss-reactive ketones (excluding diaryl/α,β-unsaturated/α-hetero) is 1. The van der Waals surface area contributed by atoms with E-state index in [0.29, 0.717) is 56.9 Å². The second-order valence-corrected chi connectivity index (χ2v) is 14.8. The average Bonchev–Trinajstić information content (AvgIpc) is 3.05. The first-order valence-corrected chi connectivity index (χ1v) is 16.5. The minimum Gasteiger partial charge on any atom is -0.490 e. The van der Waals surface area contributed by atoms with E-state index in [0.717, 1.165) is 42.8 Å². The van der Waals surface area contributed by atoms with Crippen molar-refractivity contribution in [2.24, 2.45) is 11.8 Å². The van der Waals surface area contributed by atoms with E-state index >= 15 is 0 Å². The maximum Gasteiger partial charge on any atom is 0.264 e. The Labute approximate surface area is 241 Å². The smallest absolute Gasteiger partial charge is 0.264 e. The van der Waals surface area contributed by atoms with Crippen LogP contribution in [-0.4, -0.2) is 45.1 Å². The lowest BCUT2D eigenvalue weighted by Gasteiger charge is -2.44. The van der Waals surface area contributed by atoms with Crippen molar-refractivity contribution in [1.82, 2.24) is 4.72 Å². The highest BCUT2D eigenvalue weighted by molar-refractivity contribution is 7.90. The van der Waals surface area contributed by atoms with Gasteiger partial charge in [0.2, 0.25) is 10.0 Å². The number of hydrogen-bond acceptors (Lipinski definition) is 6. The Balaban J connectivity index is 1.41. The molecule has 1 amide bonds. The molecule has 40 heavy (non-hydrogen) atoms. The van der Waals surface area contributed by atoms with E-state index in [9.17, 15) is 18.0 Å². The van der Waals surface area contributed by atoms with Gasteiger partial charge in [-0.3, -0.25) is 9.59 Å². The van der Waals surface area contributed by atoms with Gasteiger partial charge in [0, 0.05) is 41.4 Å². The predicted octanol–water partition coefficient (Wildman–Crippen LogP) is 5.43. The third kappa shape index (κ3) is 5.13. The summed E-state index contributed by atoms with van der Waals surface area (Å²) in [7, 11) is -3.85. The molecule has 7 nitrogen and oxygen atoms in total. The summed E-state index contributed by atoms with van der Waals surface area (Å²) in [6.07, 6.45) is 7.04. The molecule has 1 fully saturated rings. The van der Waals surface area contributed by atoms with Crippen LogP contribution in [0.2, 0.25) is 5.02 Å². The molecule has 2 aromatic carbocycles. The van der Waals surface area contributed by atoms with Gasteiger partial charge >= 0.3 is 0 Å². The number of hydrogen-bond donors (Lipinski definition) is 1. The molecule has 2 heterocycles. The number of amides is 1. The zero-order chi connectivity index (χ0) is 28.1. The highest BCUT2D eigenvalue weighted by Gasteiger charge is 2.44. The van der Waals surface area contributed by atoms with E-state index in [2.05, 4.69) is 21.8 Å². The largest absolute Gasteiger partial charge is 0.490 e. The van der Waals surface area contributed by atoms with E-state index in [1.807, 2.05) is 6.07 Å². The molecule has 2 aliphatic carbocycles. The molecule has 1 spiro atoms. The van der Waals surface area contributed by atoms with Crippen molar-refractivity contribution < 1.29 is 22.7 Å². The number of aryl methyl sites for hydroxylation is 1. The third-order valence-corrected chi connectivity index (χ3v) is 11.6. The number of ether oxygens (including phenoxy) is 1. The second-order valence-electron chi connectivity index (χ2n) is 12.2. The van der Waals surface area contributed by atoms with Crippen LogP contribution in [0.5, 0.6) is 5.75 Å². The molecule has 4 aliphatic rings. The lowest BCUT2D eigenvalue weighted by Crippen LogP contribution is -2.49. The van der Waals surface area contributed by atoms with E-state index < -0.39 is 21.2 Å². The lowest BCUT2D eigenvalue weighted by molar-refractivity contribution is -0.127. The fourth-order valence-electron chi connectivity index (χ4n) is 7.11. The van der Waals surface area contributed by atoms with Crippen molar-refractivity contribution in [3.63, 3.8) is 0 Å². The Bertz CT molecular complexity index is 1440. The summed E-state index contributed by atoms with van der Waals surface area (Å²) in [6.45, 7) is 3.49. The molecule has 1 saturated carbocycles. The molecule has 214 valence electrons. The highest BCUT2D eigenvalue weighted by atomic mass is 35.5. The summed E-state index contributed by atoms with van der Waals surface area (Å²) < 4.78 is 34.6. The number of ketones is 1. The van der Waals surface area contributed by atoms with Gasteiger partial charge in [0.1, 0.15) is 11.5 Å². The third-order valence-electron chi connectivity index (χ3n) is 9.63. The minimum atomic E-state index is -3.85. The van der Waals surface area contributed by atoms with Gasteiger partial charge in [0.15, 0.2) is 0 Å². The quantitative estimate of drug-likeness (QED) is 0.444. The van der Waals surface area contributed by atoms with Crippen molar-refractivity contribution in [3.8, 4) is 5.75 Å². The molecule has 2 aliphatic heterocycles. The van der Waals surface area contributed by atoms with Crippen LogP contribution in [0.3, 0.4) is 0 Å². The fourth-order valence-corrected chi connectivity index (χ4v) is 8.36. The van der Waals surface area contributed by atoms with Gasteiger partial charge in [-0.25, -0.2) is 13.1 Å². The Hall–Kier alpha value is -2.58. The summed E-state index contributed by atoms with van der Waals surface area (Å²) >= 11 is 6.37. The molecule has 0 radical (unpaired) electrons. The van der Waals surface area contributed by atoms with Crippen molar-refractivity contribution in [2.75, 3.05) is 24.6 Å². The Morgan fingerprint density at radius 3 is 2.67 bits per heavy atom. The number of carbonyl (C=O) groups is 2. The molecule has 0 aromatic heterocycles. The van der Waals surface area contributed by atoms with Gasteiger partial charge in [0.05, 0.1) is 17.5 Å². The number of halogens is 1. The molecule has 2 bridgehead atoms. The SMILES string of the molecule is C[C@@H]1CCCCC(=O)[C@@H]2CC[C@H]2CN2C[C@@]3(CCCc4cc(Cl)ccc43)COc3ccc(cc32)C(=O)NS1(=O)=O. The average molecular weight is 585 g/mol. The van der Waals surface area contributed by atoms with Gasteiger partial charge in [-0.05, 0) is 99.2 Å². The second kappa shape index (κ2) is 10.7. The first kappa shape index (κ1) is 27.6. The summed E-state index contributed by atoms with van der Waals surface area (Å²) in [5, 5.41) is 0.00527. The number of anilines is 1. The molecule has 6 rings (SSSR count). The minimum absolute atomic E-state index is 0.0292. The van der Waals surface area contributed by atoms with Crippen LogP contribution < -0.4 is 14.4 Å². The van der Waals surface area contributed by atoms with E-state index in [4.69, 9.17) is 16.3 Å². The zero-order valence-corrected chi connectivity index (χ0v) is 24.5. The van der Waals surface area contributed by atoms with E-state index in [-0.39, 0.29) is 22.8 Å². The fraction of sp³-hybridized carbons (Fsp3) is 0.548. The number of nitrogens with one attached hydrogen (secondary N) is 1. The van der Waals surface area contributed by atoms with Crippen LogP contribution >= 0.6 is 11.6 Å². The van der Waals surface area contributed by atoms with Gasteiger partial charge in [-0.2, -0.15) is 0 Å². The number of fused-ring (bicyclic) bond motifs is 4. The van der Waals surface area contributed by atoms with Crippen molar-refractivity contribution in [1.29, 1.82) is 0 Å². The molecule has 0 unspecified atom stereocenters. The molecular weight excluding hydrogens is 548 g/mol. The topological polar surface area (TPSA) is 92.8 Å². The molecule has 1 N–H and O–H groups in total. The van der Waals surface area contributed by atoms with Crippen molar-refractivity contribution in [3.05, 3.63) is 58.1 Å². The summed E-state index contributed by atoms with van der Waals surface area (Å²) in [6, 6.07) is 11.3. The monoisotopic (exact) mass is 584 g/mol. The van der Waals surface area contributed by atoms with Gasteiger partial charge in [-0.15, -0.1) is 0 Å². The first-order valence-electron chi connectivity index (χ1n) is 14.5. The molecule has 2 aromatic rings. The lowest BCUT2D eigenvalue weighted by atomic mass is 9.68. The van der Waals surface area contributed by atoms with Gasteiger partial charge in [-0.1, -0.05) is 24.1 Å². The van der Waals surface area contributed by atoms with Gasteiger partial charge in [0.25, 0.3) is 5.91 Å². The number of carbonyl (C=O) groups excluding carboxylic acids is 2. The van der Waals surface area contributed by atoms with Crippen LogP contribution in [0.25, 0.3) is 0 Å². The van der Waals surface area contributed by atoms with Crippen LogP contribution in [0, 0.1) is 11.8 Å². The number of benzene rings is 2. The number of nitrogens with zero attached hydrogens (tertiary/aromatic N) is 1. The van der Waals surface area contributed by atoms with Crippen molar-refractivity contribution in [2.45, 2.75) is 75.4 Å². The molecular formula is C31H37ClN2O5S. The highest BCUT2D eigenvalue weighted by Crippen LogP contribution is 2.46. The number of sulfonamides is 1. The van der Waals surface area contributed by atoms with Crippen LogP contribution in [0.4, 0.5) is 5.69 Å². The Kier molecular flexibility index (Phi) is 7.36. The van der Waals surface area contributed by atoms with Crippen LogP contribution in [-0.2, 0) is 26.7 Å². The summed E-state index contributed by atoms with van der Waals surface area (Å²) in [5.74, 6) is 0.610. The maximum absolute atomic E-state index is 13.2. The predicted molar refractivity (Wildman–Crippen MR) is 156 cm³/mol. The van der Waals surface area contributed by atoms with E-state index in [1.54, 1.807) is 25.1 Å². The summed E-state index contributed by atoms with van der Waals surface area (Å²) in [5.41, 5.74) is 3.30. The number of rotatable bonds is 0. The first-order chi connectivity index (χ1) is 19.1. The molecule has 4 atom stereocenters. The molecule has 9 heteroatoms. The molecule has 0 saturated heterocycles.